The summed E-state index contributed by atoms with van der Waals surface area (Å²) >= 11 is 2.37. The van der Waals surface area contributed by atoms with Crippen molar-refractivity contribution in [2.45, 2.75) is 20.4 Å². The Labute approximate surface area is 163 Å². The maximum atomic E-state index is 12.8. The number of hydrogen-bond acceptors (Lipinski definition) is 8. The predicted molar refractivity (Wildman–Crippen MR) is 103 cm³/mol. The number of anilines is 1. The van der Waals surface area contributed by atoms with Crippen molar-refractivity contribution in [3.8, 4) is 0 Å². The third-order valence-corrected chi connectivity index (χ3v) is 5.98. The fraction of sp³-hybridized carbons (Fsp3) is 0.353. The van der Waals surface area contributed by atoms with E-state index in [4.69, 9.17) is 4.74 Å². The molecule has 0 saturated carbocycles. The van der Waals surface area contributed by atoms with Crippen LogP contribution in [0.2, 0.25) is 0 Å². The van der Waals surface area contributed by atoms with Gasteiger partial charge in [-0.3, -0.25) is 4.90 Å². The topological polar surface area (TPSA) is 88.5 Å². The number of ether oxygens (including phenoxy) is 1. The lowest BCUT2D eigenvalue weighted by Crippen LogP contribution is -2.31. The zero-order valence-corrected chi connectivity index (χ0v) is 16.5. The first-order valence-electron chi connectivity index (χ1n) is 8.49. The summed E-state index contributed by atoms with van der Waals surface area (Å²) in [5.41, 5.74) is 3.30. The summed E-state index contributed by atoms with van der Waals surface area (Å²) in [7, 11) is 0. The van der Waals surface area contributed by atoms with E-state index in [0.717, 1.165) is 16.6 Å². The third-order valence-electron chi connectivity index (χ3n) is 4.26. The Balaban J connectivity index is 1.50. The number of aryl methyl sites for hydroxylation is 1. The number of carbonyl (C=O) groups excluding carboxylic acids is 2. The predicted octanol–water partition coefficient (Wildman–Crippen LogP) is 3.08. The van der Waals surface area contributed by atoms with Gasteiger partial charge in [0.2, 0.25) is 0 Å². The molecule has 0 bridgehead atoms. The van der Waals surface area contributed by atoms with E-state index in [1.807, 2.05) is 18.2 Å². The molecule has 2 amide bonds. The van der Waals surface area contributed by atoms with Crippen molar-refractivity contribution in [3.63, 3.8) is 0 Å². The SMILES string of the molecule is CCOC(=O)c1sc(N2CCN(Cc3ccc4nsnc4c3)C2=O)nc1C. The van der Waals surface area contributed by atoms with E-state index in [1.165, 1.54) is 23.1 Å². The van der Waals surface area contributed by atoms with Gasteiger partial charge >= 0.3 is 12.0 Å². The van der Waals surface area contributed by atoms with E-state index >= 15 is 0 Å². The monoisotopic (exact) mass is 403 g/mol. The van der Waals surface area contributed by atoms with Gasteiger partial charge in [-0.25, -0.2) is 14.6 Å². The van der Waals surface area contributed by atoms with Crippen molar-refractivity contribution in [2.24, 2.45) is 0 Å². The Kier molecular flexibility index (Phi) is 4.75. The zero-order chi connectivity index (χ0) is 19.0. The number of esters is 1. The first kappa shape index (κ1) is 17.8. The molecule has 1 aliphatic rings. The smallest absolute Gasteiger partial charge is 0.350 e. The quantitative estimate of drug-likeness (QED) is 0.608. The van der Waals surface area contributed by atoms with Crippen LogP contribution in [0.5, 0.6) is 0 Å². The van der Waals surface area contributed by atoms with Crippen LogP contribution in [-0.4, -0.2) is 50.3 Å². The highest BCUT2D eigenvalue weighted by Gasteiger charge is 2.32. The Morgan fingerprint density at radius 1 is 1.26 bits per heavy atom. The molecule has 0 spiro atoms. The number of thiazole rings is 1. The summed E-state index contributed by atoms with van der Waals surface area (Å²) in [6.45, 7) is 5.45. The molecule has 8 nitrogen and oxygen atoms in total. The molecule has 0 atom stereocenters. The molecule has 1 aromatic carbocycles. The normalized spacial score (nSPS) is 14.4. The van der Waals surface area contributed by atoms with Gasteiger partial charge in [-0.2, -0.15) is 8.75 Å². The summed E-state index contributed by atoms with van der Waals surface area (Å²) < 4.78 is 13.5. The lowest BCUT2D eigenvalue weighted by molar-refractivity contribution is 0.0531. The number of urea groups is 1. The maximum absolute atomic E-state index is 12.8. The van der Waals surface area contributed by atoms with Crippen molar-refractivity contribution in [2.75, 3.05) is 24.6 Å². The number of amides is 2. The van der Waals surface area contributed by atoms with Crippen LogP contribution in [0.25, 0.3) is 11.0 Å². The van der Waals surface area contributed by atoms with Crippen molar-refractivity contribution in [1.29, 1.82) is 0 Å². The van der Waals surface area contributed by atoms with Crippen molar-refractivity contribution >= 4 is 51.2 Å². The molecule has 0 aliphatic carbocycles. The summed E-state index contributed by atoms with van der Waals surface area (Å²) in [6, 6.07) is 5.73. The average molecular weight is 403 g/mol. The molecule has 2 aromatic heterocycles. The van der Waals surface area contributed by atoms with Crippen LogP contribution in [0.4, 0.5) is 9.93 Å². The summed E-state index contributed by atoms with van der Waals surface area (Å²) in [4.78, 5) is 33.0. The van der Waals surface area contributed by atoms with Gasteiger partial charge in [0, 0.05) is 19.6 Å². The first-order valence-corrected chi connectivity index (χ1v) is 10.0. The Morgan fingerprint density at radius 3 is 2.89 bits per heavy atom. The van der Waals surface area contributed by atoms with Crippen molar-refractivity contribution in [1.82, 2.24) is 18.6 Å². The average Bonchev–Trinajstić information content (AvgIpc) is 3.34. The second-order valence-electron chi connectivity index (χ2n) is 6.07. The molecule has 4 rings (SSSR count). The molecule has 1 fully saturated rings. The number of benzene rings is 1. The minimum Gasteiger partial charge on any atom is -0.462 e. The van der Waals surface area contributed by atoms with Crippen molar-refractivity contribution < 1.29 is 14.3 Å². The van der Waals surface area contributed by atoms with E-state index in [2.05, 4.69) is 13.7 Å². The second kappa shape index (κ2) is 7.20. The Hall–Kier alpha value is -2.59. The first-order chi connectivity index (χ1) is 13.1. The van der Waals surface area contributed by atoms with Gasteiger partial charge in [0.1, 0.15) is 15.9 Å². The summed E-state index contributed by atoms with van der Waals surface area (Å²) in [5, 5.41) is 0.530. The van der Waals surface area contributed by atoms with Gasteiger partial charge in [-0.1, -0.05) is 17.4 Å². The number of rotatable bonds is 5. The van der Waals surface area contributed by atoms with Gasteiger partial charge in [-0.05, 0) is 31.5 Å². The maximum Gasteiger partial charge on any atom is 0.350 e. The number of carbonyl (C=O) groups is 2. The molecule has 0 radical (unpaired) electrons. The van der Waals surface area contributed by atoms with E-state index in [0.29, 0.717) is 41.9 Å². The minimum absolute atomic E-state index is 0.115. The van der Waals surface area contributed by atoms with Gasteiger partial charge in [0.15, 0.2) is 5.13 Å². The third kappa shape index (κ3) is 3.37. The van der Waals surface area contributed by atoms with Crippen LogP contribution in [0.3, 0.4) is 0 Å². The summed E-state index contributed by atoms with van der Waals surface area (Å²) in [5.74, 6) is -0.396. The van der Waals surface area contributed by atoms with E-state index in [1.54, 1.807) is 23.6 Å². The molecule has 10 heteroatoms. The van der Waals surface area contributed by atoms with Crippen LogP contribution in [-0.2, 0) is 11.3 Å². The van der Waals surface area contributed by atoms with E-state index in [-0.39, 0.29) is 6.03 Å². The van der Waals surface area contributed by atoms with Crippen LogP contribution in [0.15, 0.2) is 18.2 Å². The van der Waals surface area contributed by atoms with Gasteiger partial charge in [0.25, 0.3) is 0 Å². The number of hydrogen-bond donors (Lipinski definition) is 0. The Bertz CT molecular complexity index is 1020. The van der Waals surface area contributed by atoms with E-state index < -0.39 is 5.97 Å². The summed E-state index contributed by atoms with van der Waals surface area (Å²) in [6.07, 6.45) is 0. The van der Waals surface area contributed by atoms with Crippen LogP contribution in [0, 0.1) is 6.92 Å². The van der Waals surface area contributed by atoms with E-state index in [9.17, 15) is 9.59 Å². The highest BCUT2D eigenvalue weighted by atomic mass is 32.1. The van der Waals surface area contributed by atoms with Gasteiger partial charge < -0.3 is 9.64 Å². The van der Waals surface area contributed by atoms with Crippen LogP contribution >= 0.6 is 23.1 Å². The molecule has 1 saturated heterocycles. The Morgan fingerprint density at radius 2 is 2.07 bits per heavy atom. The number of aromatic nitrogens is 3. The van der Waals surface area contributed by atoms with Crippen LogP contribution in [0.1, 0.15) is 27.9 Å². The minimum atomic E-state index is -0.396. The molecule has 0 unspecified atom stereocenters. The lowest BCUT2D eigenvalue weighted by atomic mass is 10.2. The number of fused-ring (bicyclic) bond motifs is 1. The molecule has 0 N–H and O–H groups in total. The molecular weight excluding hydrogens is 386 g/mol. The fourth-order valence-corrected chi connectivity index (χ4v) is 4.43. The molecule has 3 aromatic rings. The lowest BCUT2D eigenvalue weighted by Gasteiger charge is -2.16. The van der Waals surface area contributed by atoms with Gasteiger partial charge in [-0.15, -0.1) is 0 Å². The van der Waals surface area contributed by atoms with Gasteiger partial charge in [0.05, 0.1) is 24.0 Å². The molecule has 1 aliphatic heterocycles. The standard InChI is InChI=1S/C17H17N5O3S2/c1-3-25-15(23)14-10(2)18-16(26-14)22-7-6-21(17(22)24)9-11-4-5-12-13(8-11)20-27-19-12/h4-5,8H,3,6-7,9H2,1-2H3. The molecular formula is C17H17N5O3S2. The van der Waals surface area contributed by atoms with Crippen molar-refractivity contribution in [3.05, 3.63) is 34.3 Å². The second-order valence-corrected chi connectivity index (χ2v) is 7.58. The molecule has 140 valence electrons. The van der Waals surface area contributed by atoms with Crippen LogP contribution < -0.4 is 4.90 Å². The number of nitrogens with zero attached hydrogens (tertiary/aromatic N) is 5. The fourth-order valence-electron chi connectivity index (χ4n) is 2.94. The molecule has 3 heterocycles. The highest BCUT2D eigenvalue weighted by Crippen LogP contribution is 2.30. The zero-order valence-electron chi connectivity index (χ0n) is 14.8. The largest absolute Gasteiger partial charge is 0.462 e. The highest BCUT2D eigenvalue weighted by molar-refractivity contribution is 7.17. The molecule has 27 heavy (non-hydrogen) atoms.